The molecule has 2 aromatic carbocycles. The fraction of sp³-hybridized carbons (Fsp3) is 0.444. The van der Waals surface area contributed by atoms with E-state index in [0.29, 0.717) is 25.9 Å². The van der Waals surface area contributed by atoms with E-state index in [-0.39, 0.29) is 37.4 Å². The number of alkyl carbamates (subject to hydrolysis) is 1. The molecule has 0 unspecified atom stereocenters. The van der Waals surface area contributed by atoms with Gasteiger partial charge < -0.3 is 25.2 Å². The highest BCUT2D eigenvalue weighted by Gasteiger charge is 2.45. The van der Waals surface area contributed by atoms with Gasteiger partial charge in [-0.2, -0.15) is 0 Å². The summed E-state index contributed by atoms with van der Waals surface area (Å²) in [6.07, 6.45) is 1.38. The molecule has 0 aromatic heterocycles. The van der Waals surface area contributed by atoms with Crippen LogP contribution in [-0.4, -0.2) is 55.5 Å². The molecule has 0 spiro atoms. The molecule has 2 fully saturated rings. The fourth-order valence-corrected chi connectivity index (χ4v) is 5.42. The van der Waals surface area contributed by atoms with Gasteiger partial charge in [0.25, 0.3) is 0 Å². The smallest absolute Gasteiger partial charge is 0.407 e. The summed E-state index contributed by atoms with van der Waals surface area (Å²) in [6, 6.07) is 16.3. The average Bonchev–Trinajstić information content (AvgIpc) is 3.43. The summed E-state index contributed by atoms with van der Waals surface area (Å²) in [6.45, 7) is 0.994. The van der Waals surface area contributed by atoms with Crippen LogP contribution in [0, 0.1) is 11.3 Å². The summed E-state index contributed by atoms with van der Waals surface area (Å²) in [5.74, 6) is -1.41. The predicted molar refractivity (Wildman–Crippen MR) is 128 cm³/mol. The molecule has 184 valence electrons. The molecule has 0 bridgehead atoms. The Morgan fingerprint density at radius 3 is 2.26 bits per heavy atom. The molecule has 5 rings (SSSR count). The van der Waals surface area contributed by atoms with Crippen molar-refractivity contribution >= 4 is 18.0 Å². The van der Waals surface area contributed by atoms with Crippen LogP contribution in [-0.2, 0) is 19.1 Å². The van der Waals surface area contributed by atoms with E-state index >= 15 is 0 Å². The molecular formula is C27H30N2O6. The van der Waals surface area contributed by atoms with E-state index in [2.05, 4.69) is 34.9 Å². The zero-order valence-electron chi connectivity index (χ0n) is 19.5. The summed E-state index contributed by atoms with van der Waals surface area (Å²) in [5, 5.41) is 15.0. The van der Waals surface area contributed by atoms with Crippen molar-refractivity contribution in [3.05, 3.63) is 59.7 Å². The Morgan fingerprint density at radius 2 is 1.66 bits per heavy atom. The van der Waals surface area contributed by atoms with Gasteiger partial charge in [-0.15, -0.1) is 0 Å². The van der Waals surface area contributed by atoms with Crippen molar-refractivity contribution in [3.8, 4) is 11.1 Å². The molecule has 2 atom stereocenters. The number of fused-ring (bicyclic) bond motifs is 3. The van der Waals surface area contributed by atoms with Gasteiger partial charge in [0.05, 0.1) is 5.41 Å². The molecule has 2 aromatic rings. The number of carbonyl (C=O) groups excluding carboxylic acids is 2. The van der Waals surface area contributed by atoms with E-state index in [1.807, 2.05) is 24.3 Å². The molecule has 8 heteroatoms. The topological polar surface area (TPSA) is 114 Å². The van der Waals surface area contributed by atoms with E-state index in [9.17, 15) is 19.5 Å². The van der Waals surface area contributed by atoms with Crippen molar-refractivity contribution in [2.24, 2.45) is 11.3 Å². The molecule has 1 heterocycles. The van der Waals surface area contributed by atoms with Crippen LogP contribution in [0.25, 0.3) is 11.1 Å². The largest absolute Gasteiger partial charge is 0.481 e. The number of hydrogen-bond acceptors (Lipinski definition) is 5. The van der Waals surface area contributed by atoms with Crippen LogP contribution in [0.2, 0.25) is 0 Å². The first-order valence-corrected chi connectivity index (χ1v) is 12.2. The van der Waals surface area contributed by atoms with Gasteiger partial charge in [-0.25, -0.2) is 4.79 Å². The maximum absolute atomic E-state index is 12.7. The number of aliphatic carboxylic acids is 1. The minimum atomic E-state index is -0.870. The van der Waals surface area contributed by atoms with E-state index in [1.165, 1.54) is 11.1 Å². The Morgan fingerprint density at radius 1 is 1.00 bits per heavy atom. The number of carbonyl (C=O) groups is 3. The summed E-state index contributed by atoms with van der Waals surface area (Å²) in [4.78, 5) is 36.7. The zero-order valence-corrected chi connectivity index (χ0v) is 19.5. The van der Waals surface area contributed by atoms with Crippen LogP contribution in [0.3, 0.4) is 0 Å². The standard InChI is InChI=1S/C27H30N2O6/c30-24(29-16-27(25(31)32)11-5-12-27)23-17(10-13-34-23)14-28-26(33)35-15-22-20-8-3-1-6-18(20)19-7-2-4-9-21(19)22/h1-4,6-9,17,22-23H,5,10-16H2,(H,28,33)(H,29,30)(H,31,32)/t17-,23-/m0/s1. The number of nitrogens with one attached hydrogen (secondary N) is 2. The Kier molecular flexibility index (Phi) is 6.47. The fourth-order valence-electron chi connectivity index (χ4n) is 5.42. The Bertz CT molecular complexity index is 1080. The second kappa shape index (κ2) is 9.70. The number of carboxylic acid groups (broad SMARTS) is 1. The average molecular weight is 479 g/mol. The highest BCUT2D eigenvalue weighted by Crippen LogP contribution is 2.44. The van der Waals surface area contributed by atoms with Gasteiger partial charge in [0.2, 0.25) is 5.91 Å². The lowest BCUT2D eigenvalue weighted by molar-refractivity contribution is -0.154. The minimum absolute atomic E-state index is 0.0189. The highest BCUT2D eigenvalue weighted by atomic mass is 16.5. The lowest BCUT2D eigenvalue weighted by atomic mass is 9.69. The second-order valence-corrected chi connectivity index (χ2v) is 9.70. The molecule has 0 radical (unpaired) electrons. The molecule has 3 aliphatic rings. The van der Waals surface area contributed by atoms with E-state index < -0.39 is 23.6 Å². The summed E-state index contributed by atoms with van der Waals surface area (Å²) < 4.78 is 11.2. The van der Waals surface area contributed by atoms with Gasteiger partial charge in [0.1, 0.15) is 12.7 Å². The maximum atomic E-state index is 12.7. The number of hydrogen-bond donors (Lipinski definition) is 3. The molecular weight excluding hydrogens is 448 g/mol. The molecule has 2 amide bonds. The summed E-state index contributed by atoms with van der Waals surface area (Å²) in [7, 11) is 0. The monoisotopic (exact) mass is 478 g/mol. The summed E-state index contributed by atoms with van der Waals surface area (Å²) in [5.41, 5.74) is 3.77. The third-order valence-electron chi connectivity index (χ3n) is 7.69. The SMILES string of the molecule is O=C(NC[C@@H]1CCO[C@@H]1C(=O)NCC1(C(=O)O)CCC1)OCC1c2ccccc2-c2ccccc21. The quantitative estimate of drug-likeness (QED) is 0.537. The van der Waals surface area contributed by atoms with Crippen molar-refractivity contribution in [1.29, 1.82) is 0 Å². The normalized spacial score (nSPS) is 21.9. The Balaban J connectivity index is 1.12. The molecule has 35 heavy (non-hydrogen) atoms. The van der Waals surface area contributed by atoms with Crippen molar-refractivity contribution in [1.82, 2.24) is 10.6 Å². The molecule has 1 saturated heterocycles. The minimum Gasteiger partial charge on any atom is -0.481 e. The van der Waals surface area contributed by atoms with Gasteiger partial charge in [0, 0.05) is 31.5 Å². The molecule has 3 N–H and O–H groups in total. The van der Waals surface area contributed by atoms with Crippen LogP contribution in [0.15, 0.2) is 48.5 Å². The van der Waals surface area contributed by atoms with E-state index in [1.54, 1.807) is 0 Å². The molecule has 1 saturated carbocycles. The lowest BCUT2D eigenvalue weighted by Crippen LogP contribution is -2.50. The van der Waals surface area contributed by atoms with Crippen molar-refractivity contribution < 1.29 is 29.0 Å². The van der Waals surface area contributed by atoms with Crippen LogP contribution >= 0.6 is 0 Å². The van der Waals surface area contributed by atoms with Crippen LogP contribution in [0.4, 0.5) is 4.79 Å². The molecule has 1 aliphatic heterocycles. The zero-order chi connectivity index (χ0) is 24.4. The number of amides is 2. The first-order valence-electron chi connectivity index (χ1n) is 12.2. The van der Waals surface area contributed by atoms with Gasteiger partial charge in [-0.3, -0.25) is 9.59 Å². The van der Waals surface area contributed by atoms with E-state index in [0.717, 1.165) is 17.5 Å². The van der Waals surface area contributed by atoms with Gasteiger partial charge in [-0.1, -0.05) is 55.0 Å². The van der Waals surface area contributed by atoms with Gasteiger partial charge in [-0.05, 0) is 41.5 Å². The summed E-state index contributed by atoms with van der Waals surface area (Å²) >= 11 is 0. The van der Waals surface area contributed by atoms with Crippen LogP contribution in [0.5, 0.6) is 0 Å². The third-order valence-corrected chi connectivity index (χ3v) is 7.69. The van der Waals surface area contributed by atoms with Crippen molar-refractivity contribution in [2.45, 2.75) is 37.7 Å². The number of rotatable bonds is 8. The van der Waals surface area contributed by atoms with Crippen LogP contribution < -0.4 is 10.6 Å². The lowest BCUT2D eigenvalue weighted by Gasteiger charge is -2.37. The molecule has 2 aliphatic carbocycles. The molecule has 8 nitrogen and oxygen atoms in total. The van der Waals surface area contributed by atoms with Crippen molar-refractivity contribution in [3.63, 3.8) is 0 Å². The predicted octanol–water partition coefficient (Wildman–Crippen LogP) is 3.30. The Labute approximate surface area is 204 Å². The number of ether oxygens (including phenoxy) is 2. The third kappa shape index (κ3) is 4.50. The second-order valence-electron chi connectivity index (χ2n) is 9.70. The van der Waals surface area contributed by atoms with Gasteiger partial charge in [0.15, 0.2) is 0 Å². The first-order chi connectivity index (χ1) is 17.0. The van der Waals surface area contributed by atoms with Gasteiger partial charge >= 0.3 is 12.1 Å². The first kappa shape index (κ1) is 23.4. The number of benzene rings is 2. The number of carboxylic acids is 1. The van der Waals surface area contributed by atoms with E-state index in [4.69, 9.17) is 9.47 Å². The van der Waals surface area contributed by atoms with Crippen LogP contribution in [0.1, 0.15) is 42.7 Å². The Hall–Kier alpha value is -3.39. The highest BCUT2D eigenvalue weighted by molar-refractivity contribution is 5.83. The van der Waals surface area contributed by atoms with Crippen molar-refractivity contribution in [2.75, 3.05) is 26.3 Å². The maximum Gasteiger partial charge on any atom is 0.407 e.